The van der Waals surface area contributed by atoms with Gasteiger partial charge in [0.2, 0.25) is 0 Å². The first-order valence-electron chi connectivity index (χ1n) is 3.93. The molecule has 1 saturated heterocycles. The lowest BCUT2D eigenvalue weighted by atomic mass is 10.2. The number of rotatable bonds is 1. The summed E-state index contributed by atoms with van der Waals surface area (Å²) in [5.41, 5.74) is 0. The van der Waals surface area contributed by atoms with Crippen molar-refractivity contribution in [3.63, 3.8) is 0 Å². The van der Waals surface area contributed by atoms with E-state index < -0.39 is 6.04 Å². The fourth-order valence-corrected chi connectivity index (χ4v) is 2.31. The lowest BCUT2D eigenvalue weighted by Crippen LogP contribution is -2.42. The third-order valence-corrected chi connectivity index (χ3v) is 3.02. The van der Waals surface area contributed by atoms with E-state index in [0.717, 1.165) is 18.8 Å². The minimum Gasteiger partial charge on any atom is -0.274 e. The molecule has 1 aliphatic rings. The molecule has 1 fully saturated rings. The van der Waals surface area contributed by atoms with Crippen LogP contribution in [0.3, 0.4) is 0 Å². The number of nitrogens with zero attached hydrogens (tertiary/aromatic N) is 3. The monoisotopic (exact) mass is 181 g/mol. The fraction of sp³-hybridized carbons (Fsp3) is 0.750. The molecule has 0 amide bonds. The zero-order chi connectivity index (χ0) is 8.97. The maximum Gasteiger partial charge on any atom is 0.186 e. The van der Waals surface area contributed by atoms with Gasteiger partial charge >= 0.3 is 0 Å². The van der Waals surface area contributed by atoms with Crippen molar-refractivity contribution in [1.82, 2.24) is 4.90 Å². The summed E-state index contributed by atoms with van der Waals surface area (Å²) in [5, 5.41) is 17.8. The number of hydrogen-bond donors (Lipinski definition) is 0. The summed E-state index contributed by atoms with van der Waals surface area (Å²) in [6.45, 7) is 3.85. The summed E-state index contributed by atoms with van der Waals surface area (Å²) < 4.78 is 0. The zero-order valence-corrected chi connectivity index (χ0v) is 7.84. The van der Waals surface area contributed by atoms with E-state index in [1.54, 1.807) is 0 Å². The molecule has 12 heavy (non-hydrogen) atoms. The van der Waals surface area contributed by atoms with E-state index in [1.165, 1.54) is 0 Å². The molecule has 3 nitrogen and oxygen atoms in total. The van der Waals surface area contributed by atoms with Crippen molar-refractivity contribution in [2.24, 2.45) is 0 Å². The highest BCUT2D eigenvalue weighted by atomic mass is 32.2. The molecule has 1 heterocycles. The molecule has 1 aliphatic heterocycles. The first-order valence-corrected chi connectivity index (χ1v) is 4.97. The van der Waals surface area contributed by atoms with Crippen molar-refractivity contribution in [2.75, 3.05) is 18.8 Å². The number of nitriles is 2. The Morgan fingerprint density at radius 2 is 2.17 bits per heavy atom. The van der Waals surface area contributed by atoms with Crippen LogP contribution >= 0.6 is 11.8 Å². The minimum absolute atomic E-state index is 0.544. The molecule has 1 atom stereocenters. The molecule has 0 N–H and O–H groups in total. The van der Waals surface area contributed by atoms with Gasteiger partial charge in [-0.2, -0.15) is 22.3 Å². The van der Waals surface area contributed by atoms with Crippen molar-refractivity contribution >= 4 is 11.8 Å². The van der Waals surface area contributed by atoms with E-state index in [0.29, 0.717) is 5.25 Å². The van der Waals surface area contributed by atoms with Gasteiger partial charge in [0.05, 0.1) is 12.1 Å². The van der Waals surface area contributed by atoms with Crippen molar-refractivity contribution in [2.45, 2.75) is 18.2 Å². The molecule has 64 valence electrons. The van der Waals surface area contributed by atoms with Crippen molar-refractivity contribution in [3.8, 4) is 12.1 Å². The summed E-state index contributed by atoms with van der Waals surface area (Å²) in [5.74, 6) is 1.03. The third kappa shape index (κ3) is 2.14. The summed E-state index contributed by atoms with van der Waals surface area (Å²) in [6.07, 6.45) is 0. The van der Waals surface area contributed by atoms with Gasteiger partial charge in [0.1, 0.15) is 0 Å². The number of thioether (sulfide) groups is 1. The molecule has 1 unspecified atom stereocenters. The Kier molecular flexibility index (Phi) is 3.40. The van der Waals surface area contributed by atoms with Crippen LogP contribution in [0.4, 0.5) is 0 Å². The molecule has 0 saturated carbocycles. The van der Waals surface area contributed by atoms with E-state index in [4.69, 9.17) is 10.5 Å². The number of hydrogen-bond acceptors (Lipinski definition) is 4. The second kappa shape index (κ2) is 4.35. The van der Waals surface area contributed by atoms with Crippen LogP contribution in [0.25, 0.3) is 0 Å². The molecule has 0 spiro atoms. The van der Waals surface area contributed by atoms with E-state index in [-0.39, 0.29) is 0 Å². The Morgan fingerprint density at radius 3 is 2.67 bits per heavy atom. The van der Waals surface area contributed by atoms with Gasteiger partial charge < -0.3 is 0 Å². The molecule has 4 heteroatoms. The van der Waals surface area contributed by atoms with Crippen molar-refractivity contribution < 1.29 is 0 Å². The van der Waals surface area contributed by atoms with E-state index in [9.17, 15) is 0 Å². The van der Waals surface area contributed by atoms with Crippen LogP contribution in [0, 0.1) is 22.7 Å². The van der Waals surface area contributed by atoms with Crippen LogP contribution in [-0.2, 0) is 0 Å². The van der Waals surface area contributed by atoms with E-state index in [1.807, 2.05) is 28.8 Å². The SMILES string of the molecule is CC1CN(C(C#N)C#N)CCS1. The Hall–Kier alpha value is -0.710. The summed E-state index contributed by atoms with van der Waals surface area (Å²) in [7, 11) is 0. The van der Waals surface area contributed by atoms with Gasteiger partial charge in [-0.25, -0.2) is 0 Å². The first-order chi connectivity index (χ1) is 5.77. The second-order valence-electron chi connectivity index (χ2n) is 2.84. The average molecular weight is 181 g/mol. The van der Waals surface area contributed by atoms with Crippen LogP contribution in [0.5, 0.6) is 0 Å². The standard InChI is InChI=1S/C8H11N3S/c1-7-6-11(2-3-12-7)8(4-9)5-10/h7-8H,2-3,6H2,1H3. The van der Waals surface area contributed by atoms with Gasteiger partial charge in [-0.15, -0.1) is 0 Å². The van der Waals surface area contributed by atoms with Gasteiger partial charge in [0.25, 0.3) is 0 Å². The van der Waals surface area contributed by atoms with Crippen LogP contribution in [0.1, 0.15) is 6.92 Å². The highest BCUT2D eigenvalue weighted by Gasteiger charge is 2.23. The zero-order valence-electron chi connectivity index (χ0n) is 7.03. The molecule has 0 aromatic carbocycles. The molecule has 0 bridgehead atoms. The summed E-state index contributed by atoms with van der Waals surface area (Å²) in [6, 6.07) is 3.45. The van der Waals surface area contributed by atoms with E-state index in [2.05, 4.69) is 6.92 Å². The van der Waals surface area contributed by atoms with Crippen LogP contribution < -0.4 is 0 Å². The smallest absolute Gasteiger partial charge is 0.186 e. The Bertz CT molecular complexity index is 213. The third-order valence-electron chi connectivity index (χ3n) is 1.88. The Labute approximate surface area is 77.0 Å². The minimum atomic E-state index is -0.548. The first kappa shape index (κ1) is 9.38. The normalized spacial score (nSPS) is 24.8. The van der Waals surface area contributed by atoms with Crippen molar-refractivity contribution in [3.05, 3.63) is 0 Å². The van der Waals surface area contributed by atoms with Gasteiger partial charge in [-0.1, -0.05) is 6.92 Å². The maximum atomic E-state index is 8.64. The Morgan fingerprint density at radius 1 is 1.50 bits per heavy atom. The Balaban J connectivity index is 2.52. The lowest BCUT2D eigenvalue weighted by Gasteiger charge is -2.30. The molecule has 0 aromatic rings. The average Bonchev–Trinajstić information content (AvgIpc) is 2.07. The van der Waals surface area contributed by atoms with Gasteiger partial charge in [0.15, 0.2) is 6.04 Å². The van der Waals surface area contributed by atoms with Crippen molar-refractivity contribution in [1.29, 1.82) is 10.5 Å². The predicted octanol–water partition coefficient (Wildman–Crippen LogP) is 0.839. The summed E-state index contributed by atoms with van der Waals surface area (Å²) in [4.78, 5) is 1.95. The molecular weight excluding hydrogens is 170 g/mol. The second-order valence-corrected chi connectivity index (χ2v) is 4.38. The van der Waals surface area contributed by atoms with Crippen LogP contribution in [0.2, 0.25) is 0 Å². The van der Waals surface area contributed by atoms with Gasteiger partial charge in [0, 0.05) is 24.1 Å². The van der Waals surface area contributed by atoms with Crippen LogP contribution in [0.15, 0.2) is 0 Å². The molecule has 0 radical (unpaired) electrons. The van der Waals surface area contributed by atoms with Crippen LogP contribution in [-0.4, -0.2) is 35.0 Å². The van der Waals surface area contributed by atoms with Gasteiger partial charge in [-0.3, -0.25) is 4.90 Å². The highest BCUT2D eigenvalue weighted by molar-refractivity contribution is 7.99. The molecule has 0 aliphatic carbocycles. The quantitative estimate of drug-likeness (QED) is 0.601. The van der Waals surface area contributed by atoms with E-state index >= 15 is 0 Å². The fourth-order valence-electron chi connectivity index (χ4n) is 1.27. The lowest BCUT2D eigenvalue weighted by molar-refractivity contribution is 0.280. The van der Waals surface area contributed by atoms with Gasteiger partial charge in [-0.05, 0) is 0 Å². The molecule has 0 aromatic heterocycles. The topological polar surface area (TPSA) is 50.8 Å². The maximum absolute atomic E-state index is 8.64. The highest BCUT2D eigenvalue weighted by Crippen LogP contribution is 2.18. The molecular formula is C8H11N3S. The molecule has 1 rings (SSSR count). The largest absolute Gasteiger partial charge is 0.274 e. The predicted molar refractivity (Wildman–Crippen MR) is 48.5 cm³/mol. The summed E-state index contributed by atoms with van der Waals surface area (Å²) >= 11 is 1.90.